The number of carbonyl (C=O) groups excluding carboxylic acids is 1. The van der Waals surface area contributed by atoms with Crippen molar-refractivity contribution in [3.63, 3.8) is 0 Å². The second kappa shape index (κ2) is 10.6. The molecule has 1 aromatic carbocycles. The zero-order valence-corrected chi connectivity index (χ0v) is 23.9. The van der Waals surface area contributed by atoms with E-state index in [4.69, 9.17) is 16.3 Å². The molecule has 40 heavy (non-hydrogen) atoms. The number of aryl methyl sites for hydroxylation is 1. The highest BCUT2D eigenvalue weighted by molar-refractivity contribution is 7.93. The van der Waals surface area contributed by atoms with Crippen LogP contribution in [0.4, 0.5) is 29.3 Å². The quantitative estimate of drug-likeness (QED) is 0.428. The summed E-state index contributed by atoms with van der Waals surface area (Å²) >= 11 is 6.13. The maximum Gasteiger partial charge on any atom is 0.427 e. The van der Waals surface area contributed by atoms with Crippen molar-refractivity contribution in [3.8, 4) is 5.75 Å². The first kappa shape index (κ1) is 30.2. The fourth-order valence-electron chi connectivity index (χ4n) is 3.70. The van der Waals surface area contributed by atoms with E-state index in [1.54, 1.807) is 6.92 Å². The van der Waals surface area contributed by atoms with Gasteiger partial charge >= 0.3 is 12.3 Å². The van der Waals surface area contributed by atoms with Gasteiger partial charge in [0.1, 0.15) is 16.7 Å². The fraction of sp³-hybridized carbons (Fsp3) is 0.545. The predicted molar refractivity (Wildman–Crippen MR) is 138 cm³/mol. The summed E-state index contributed by atoms with van der Waals surface area (Å²) in [5.74, 6) is 0.0130. The van der Waals surface area contributed by atoms with E-state index in [0.717, 1.165) is 4.31 Å². The molecule has 1 atom stereocenters. The number of carbonyl (C=O) groups is 1. The van der Waals surface area contributed by atoms with Gasteiger partial charge in [-0.2, -0.15) is 18.3 Å². The number of anilines is 2. The van der Waals surface area contributed by atoms with Crippen LogP contribution in [0, 0.1) is 0 Å². The number of sulfonamides is 2. The van der Waals surface area contributed by atoms with Crippen LogP contribution < -0.4 is 19.1 Å². The van der Waals surface area contributed by atoms with Crippen LogP contribution in [0.3, 0.4) is 0 Å². The van der Waals surface area contributed by atoms with Gasteiger partial charge in [-0.1, -0.05) is 11.6 Å². The summed E-state index contributed by atoms with van der Waals surface area (Å²) in [6.07, 6.45) is -4.92. The molecule has 1 aliphatic heterocycles. The van der Waals surface area contributed by atoms with E-state index in [1.807, 2.05) is 0 Å². The zero-order chi connectivity index (χ0) is 29.7. The zero-order valence-electron chi connectivity index (χ0n) is 21.5. The molecule has 18 heteroatoms. The maximum absolute atomic E-state index is 13.8. The second-order valence-electron chi connectivity index (χ2n) is 9.71. The molecule has 12 nitrogen and oxygen atoms in total. The summed E-state index contributed by atoms with van der Waals surface area (Å²) in [6.45, 7) is 2.82. The Bertz CT molecular complexity index is 1510. The van der Waals surface area contributed by atoms with Crippen LogP contribution in [0.25, 0.3) is 0 Å². The third-order valence-corrected chi connectivity index (χ3v) is 10.3. The average molecular weight is 630 g/mol. The Kier molecular flexibility index (Phi) is 7.98. The third-order valence-electron chi connectivity index (χ3n) is 6.22. The first-order chi connectivity index (χ1) is 18.4. The lowest BCUT2D eigenvalue weighted by molar-refractivity contribution is -0.242. The van der Waals surface area contributed by atoms with Gasteiger partial charge in [0.15, 0.2) is 5.15 Å². The largest absolute Gasteiger partial charge is 0.485 e. The molecule has 2 heterocycles. The molecular weight excluding hydrogens is 603 g/mol. The Morgan fingerprint density at radius 2 is 1.90 bits per heavy atom. The van der Waals surface area contributed by atoms with Crippen LogP contribution in [0.15, 0.2) is 29.3 Å². The Morgan fingerprint density at radius 3 is 2.48 bits per heavy atom. The van der Waals surface area contributed by atoms with Crippen molar-refractivity contribution in [2.45, 2.75) is 68.2 Å². The minimum atomic E-state index is -4.84. The normalized spacial score (nSPS) is 18.2. The number of hydrogen-bond acceptors (Lipinski definition) is 8. The number of aromatic nitrogens is 2. The monoisotopic (exact) mass is 629 g/mol. The number of amides is 1. The highest BCUT2D eigenvalue weighted by atomic mass is 35.5. The first-order valence-electron chi connectivity index (χ1n) is 12.1. The molecule has 222 valence electrons. The van der Waals surface area contributed by atoms with Gasteiger partial charge in [-0.25, -0.2) is 26.4 Å². The first-order valence-corrected chi connectivity index (χ1v) is 15.4. The van der Waals surface area contributed by atoms with Gasteiger partial charge in [-0.15, -0.1) is 0 Å². The number of alkyl halides is 3. The van der Waals surface area contributed by atoms with Crippen LogP contribution >= 0.6 is 11.6 Å². The Hall–Kier alpha value is -2.76. The average Bonchev–Trinajstić information content (AvgIpc) is 3.64. The van der Waals surface area contributed by atoms with Crippen molar-refractivity contribution < 1.29 is 44.3 Å². The summed E-state index contributed by atoms with van der Waals surface area (Å²) < 4.78 is 107. The van der Waals surface area contributed by atoms with E-state index in [1.165, 1.54) is 29.1 Å². The molecular formula is C22H27ClF3N5O7S2. The van der Waals surface area contributed by atoms with E-state index in [2.05, 4.69) is 19.9 Å². The third kappa shape index (κ3) is 6.26. The van der Waals surface area contributed by atoms with Crippen LogP contribution in [-0.2, 0) is 31.3 Å². The Morgan fingerprint density at radius 1 is 1.23 bits per heavy atom. The topological polar surface area (TPSA) is 149 Å². The molecule has 0 radical (unpaired) electrons. The number of hydrogen-bond donors (Lipinski definition) is 2. The standard InChI is InChI=1S/C22H27ClF3N5O7S2/c1-4-30-12-18(19(23)29-30)40(35,36)31-11-14(10-27-39(33,34)15-6-7-15)37-17-8-5-13(9-16(17)31)28-20(32)38-21(2,3)22(24,25)26/h5,8-9,12,14-15,27H,4,6-7,10-11H2,1-3H3,(H,28,32). The molecule has 1 aromatic heterocycles. The Balaban J connectivity index is 1.65. The van der Waals surface area contributed by atoms with Crippen molar-refractivity contribution in [2.24, 2.45) is 0 Å². The minimum Gasteiger partial charge on any atom is -0.485 e. The van der Waals surface area contributed by atoms with E-state index < -0.39 is 49.3 Å². The molecule has 1 fully saturated rings. The summed E-state index contributed by atoms with van der Waals surface area (Å²) in [5.41, 5.74) is -2.95. The van der Waals surface area contributed by atoms with Gasteiger partial charge in [0.05, 0.1) is 17.5 Å². The molecule has 0 spiro atoms. The van der Waals surface area contributed by atoms with E-state index in [0.29, 0.717) is 33.2 Å². The van der Waals surface area contributed by atoms with Crippen LogP contribution in [0.5, 0.6) is 5.75 Å². The van der Waals surface area contributed by atoms with Crippen molar-refractivity contribution in [3.05, 3.63) is 29.5 Å². The summed E-state index contributed by atoms with van der Waals surface area (Å²) in [6, 6.07) is 3.74. The van der Waals surface area contributed by atoms with Gasteiger partial charge in [0.2, 0.25) is 15.6 Å². The van der Waals surface area contributed by atoms with Gasteiger partial charge in [0.25, 0.3) is 10.0 Å². The highest BCUT2D eigenvalue weighted by Gasteiger charge is 2.51. The molecule has 2 aromatic rings. The molecule has 4 rings (SSSR count). The smallest absolute Gasteiger partial charge is 0.427 e. The SMILES string of the molecule is CCn1cc(S(=O)(=O)N2CC(CNS(=O)(=O)C3CC3)Oc3ccc(NC(=O)OC(C)(C)C(F)(F)F)cc32)c(Cl)n1. The van der Waals surface area contributed by atoms with Crippen LogP contribution in [0.2, 0.25) is 5.15 Å². The number of nitrogens with zero attached hydrogens (tertiary/aromatic N) is 3. The summed E-state index contributed by atoms with van der Waals surface area (Å²) in [5, 5.41) is 5.32. The lowest BCUT2D eigenvalue weighted by atomic mass is 10.1. The molecule has 1 saturated carbocycles. The van der Waals surface area contributed by atoms with Gasteiger partial charge in [-0.05, 0) is 51.8 Å². The van der Waals surface area contributed by atoms with Crippen molar-refractivity contribution >= 4 is 49.1 Å². The van der Waals surface area contributed by atoms with Crippen molar-refractivity contribution in [1.29, 1.82) is 0 Å². The second-order valence-corrected chi connectivity index (χ2v) is 13.9. The molecule has 1 unspecified atom stereocenters. The van der Waals surface area contributed by atoms with Crippen LogP contribution in [-0.4, -0.2) is 68.9 Å². The molecule has 2 N–H and O–H groups in total. The van der Waals surface area contributed by atoms with E-state index in [-0.39, 0.29) is 40.3 Å². The molecule has 0 saturated heterocycles. The summed E-state index contributed by atoms with van der Waals surface area (Å²) in [7, 11) is -8.01. The minimum absolute atomic E-state index is 0.0130. The lowest BCUT2D eigenvalue weighted by Gasteiger charge is -2.35. The van der Waals surface area contributed by atoms with Crippen molar-refractivity contribution in [1.82, 2.24) is 14.5 Å². The molecule has 2 aliphatic rings. The Labute approximate surface area is 233 Å². The lowest BCUT2D eigenvalue weighted by Crippen LogP contribution is -2.48. The number of nitrogens with one attached hydrogen (secondary N) is 2. The summed E-state index contributed by atoms with van der Waals surface area (Å²) in [4.78, 5) is 11.9. The van der Waals surface area contributed by atoms with Gasteiger partial charge in [-0.3, -0.25) is 14.3 Å². The van der Waals surface area contributed by atoms with Gasteiger partial charge in [0, 0.05) is 25.0 Å². The number of halogens is 4. The number of ether oxygens (including phenoxy) is 2. The number of benzene rings is 1. The number of rotatable bonds is 9. The maximum atomic E-state index is 13.8. The van der Waals surface area contributed by atoms with Crippen molar-refractivity contribution in [2.75, 3.05) is 22.7 Å². The van der Waals surface area contributed by atoms with Crippen LogP contribution in [0.1, 0.15) is 33.6 Å². The van der Waals surface area contributed by atoms with E-state index >= 15 is 0 Å². The number of fused-ring (bicyclic) bond motifs is 1. The highest BCUT2D eigenvalue weighted by Crippen LogP contribution is 2.40. The van der Waals surface area contributed by atoms with Gasteiger partial charge < -0.3 is 9.47 Å². The molecule has 1 aliphatic carbocycles. The predicted octanol–water partition coefficient (Wildman–Crippen LogP) is 3.48. The molecule has 1 amide bonds. The molecule has 0 bridgehead atoms. The fourth-order valence-corrected chi connectivity index (χ4v) is 7.05. The van der Waals surface area contributed by atoms with E-state index in [9.17, 15) is 34.8 Å².